The zero-order valence-electron chi connectivity index (χ0n) is 9.97. The number of carbonyl (C=O) groups excluding carboxylic acids is 2. The molecule has 1 aliphatic rings. The smallest absolute Gasteiger partial charge is 0.319 e. The Balaban J connectivity index is 2.36. The summed E-state index contributed by atoms with van der Waals surface area (Å²) in [5.41, 5.74) is 1.18. The van der Waals surface area contributed by atoms with Gasteiger partial charge in [0.05, 0.1) is 13.2 Å². The Labute approximate surface area is 105 Å². The van der Waals surface area contributed by atoms with Crippen LogP contribution in [0.4, 0.5) is 4.79 Å². The molecule has 0 spiro atoms. The van der Waals surface area contributed by atoms with Crippen molar-refractivity contribution in [2.75, 3.05) is 7.11 Å². The van der Waals surface area contributed by atoms with Gasteiger partial charge in [-0.1, -0.05) is 36.9 Å². The molecule has 2 unspecified atom stereocenters. The lowest BCUT2D eigenvalue weighted by Gasteiger charge is -2.32. The molecule has 0 radical (unpaired) electrons. The van der Waals surface area contributed by atoms with Crippen molar-refractivity contribution in [2.24, 2.45) is 5.92 Å². The predicted molar refractivity (Wildman–Crippen MR) is 65.5 cm³/mol. The molecule has 5 heteroatoms. The molecule has 94 valence electrons. The molecule has 0 saturated carbocycles. The molecule has 2 rings (SSSR count). The Morgan fingerprint density at radius 3 is 2.61 bits per heavy atom. The van der Waals surface area contributed by atoms with E-state index in [0.29, 0.717) is 5.70 Å². The number of amides is 2. The third-order valence-corrected chi connectivity index (χ3v) is 2.88. The molecule has 2 amide bonds. The highest BCUT2D eigenvalue weighted by Gasteiger charge is 2.38. The number of methoxy groups -OCH3 is 1. The van der Waals surface area contributed by atoms with E-state index in [1.165, 1.54) is 7.11 Å². The van der Waals surface area contributed by atoms with E-state index < -0.39 is 17.9 Å². The van der Waals surface area contributed by atoms with E-state index in [9.17, 15) is 9.59 Å². The minimum atomic E-state index is -0.630. The van der Waals surface area contributed by atoms with Gasteiger partial charge in [-0.3, -0.25) is 4.79 Å². The van der Waals surface area contributed by atoms with Crippen LogP contribution in [0.1, 0.15) is 11.6 Å². The maximum atomic E-state index is 11.8. The molecule has 1 aromatic rings. The predicted octanol–water partition coefficient (Wildman–Crippen LogP) is 1.34. The summed E-state index contributed by atoms with van der Waals surface area (Å²) in [5.74, 6) is -1.06. The topological polar surface area (TPSA) is 67.4 Å². The van der Waals surface area contributed by atoms with Crippen LogP contribution >= 0.6 is 0 Å². The number of hydrogen-bond donors (Lipinski definition) is 2. The van der Waals surface area contributed by atoms with Crippen molar-refractivity contribution in [1.29, 1.82) is 0 Å². The van der Waals surface area contributed by atoms with Crippen molar-refractivity contribution < 1.29 is 14.3 Å². The number of ether oxygens (including phenoxy) is 1. The second-order valence-corrected chi connectivity index (χ2v) is 4.01. The molecule has 2 N–H and O–H groups in total. The van der Waals surface area contributed by atoms with Gasteiger partial charge in [-0.2, -0.15) is 0 Å². The lowest BCUT2D eigenvalue weighted by atomic mass is 9.89. The molecule has 1 fully saturated rings. The van der Waals surface area contributed by atoms with Crippen LogP contribution in [0, 0.1) is 5.92 Å². The first-order valence-electron chi connectivity index (χ1n) is 5.52. The molecule has 0 bridgehead atoms. The zero-order valence-corrected chi connectivity index (χ0v) is 9.97. The van der Waals surface area contributed by atoms with Crippen LogP contribution in [0.3, 0.4) is 0 Å². The molecule has 1 aromatic carbocycles. The van der Waals surface area contributed by atoms with Gasteiger partial charge in [-0.15, -0.1) is 0 Å². The number of nitrogens with one attached hydrogen (secondary N) is 2. The van der Waals surface area contributed by atoms with Crippen molar-refractivity contribution in [3.63, 3.8) is 0 Å². The van der Waals surface area contributed by atoms with Crippen molar-refractivity contribution in [3.8, 4) is 0 Å². The lowest BCUT2D eigenvalue weighted by Crippen LogP contribution is -2.50. The Bertz CT molecular complexity index is 484. The number of esters is 1. The molecule has 5 nitrogen and oxygen atoms in total. The molecule has 1 saturated heterocycles. The molecular formula is C13H14N2O3. The molecule has 2 atom stereocenters. The van der Waals surface area contributed by atoms with E-state index in [1.807, 2.05) is 30.3 Å². The van der Waals surface area contributed by atoms with E-state index in [1.54, 1.807) is 0 Å². The van der Waals surface area contributed by atoms with Crippen LogP contribution < -0.4 is 10.6 Å². The fourth-order valence-corrected chi connectivity index (χ4v) is 2.03. The van der Waals surface area contributed by atoms with Crippen LogP contribution in [-0.2, 0) is 9.53 Å². The monoisotopic (exact) mass is 246 g/mol. The Kier molecular flexibility index (Phi) is 3.32. The van der Waals surface area contributed by atoms with Gasteiger partial charge in [0.1, 0.15) is 5.92 Å². The summed E-state index contributed by atoms with van der Waals surface area (Å²) in [5, 5.41) is 5.22. The number of carbonyl (C=O) groups is 2. The summed E-state index contributed by atoms with van der Waals surface area (Å²) < 4.78 is 4.76. The van der Waals surface area contributed by atoms with Gasteiger partial charge in [0.2, 0.25) is 0 Å². The molecule has 1 heterocycles. The van der Waals surface area contributed by atoms with E-state index >= 15 is 0 Å². The maximum Gasteiger partial charge on any atom is 0.319 e. The Morgan fingerprint density at radius 2 is 2.00 bits per heavy atom. The number of rotatable bonds is 2. The zero-order chi connectivity index (χ0) is 13.1. The Morgan fingerprint density at radius 1 is 1.33 bits per heavy atom. The van der Waals surface area contributed by atoms with Crippen LogP contribution in [0.25, 0.3) is 0 Å². The van der Waals surface area contributed by atoms with Crippen molar-refractivity contribution >= 4 is 12.0 Å². The molecule has 0 aromatic heterocycles. The van der Waals surface area contributed by atoms with Gasteiger partial charge in [-0.05, 0) is 5.56 Å². The summed E-state index contributed by atoms with van der Waals surface area (Å²) in [6.45, 7) is 3.72. The molecular weight excluding hydrogens is 232 g/mol. The van der Waals surface area contributed by atoms with Crippen molar-refractivity contribution in [2.45, 2.75) is 6.04 Å². The Hall–Kier alpha value is -2.30. The highest BCUT2D eigenvalue weighted by atomic mass is 16.5. The van der Waals surface area contributed by atoms with Crippen LogP contribution in [0.2, 0.25) is 0 Å². The normalized spacial score (nSPS) is 22.9. The third-order valence-electron chi connectivity index (χ3n) is 2.88. The largest absolute Gasteiger partial charge is 0.468 e. The van der Waals surface area contributed by atoms with Crippen LogP contribution in [0.5, 0.6) is 0 Å². The summed E-state index contributed by atoms with van der Waals surface area (Å²) in [6.07, 6.45) is 0. The number of benzene rings is 1. The maximum absolute atomic E-state index is 11.8. The van der Waals surface area contributed by atoms with Gasteiger partial charge < -0.3 is 15.4 Å². The first kappa shape index (κ1) is 12.2. The van der Waals surface area contributed by atoms with Crippen molar-refractivity contribution in [1.82, 2.24) is 10.6 Å². The van der Waals surface area contributed by atoms with E-state index in [0.717, 1.165) is 5.56 Å². The number of urea groups is 1. The van der Waals surface area contributed by atoms with E-state index in [2.05, 4.69) is 17.2 Å². The minimum Gasteiger partial charge on any atom is -0.468 e. The minimum absolute atomic E-state index is 0.347. The van der Waals surface area contributed by atoms with Gasteiger partial charge in [-0.25, -0.2) is 4.79 Å². The van der Waals surface area contributed by atoms with E-state index in [4.69, 9.17) is 4.74 Å². The highest BCUT2D eigenvalue weighted by Crippen LogP contribution is 2.29. The van der Waals surface area contributed by atoms with Crippen LogP contribution in [0.15, 0.2) is 42.6 Å². The van der Waals surface area contributed by atoms with Gasteiger partial charge >= 0.3 is 12.0 Å². The molecule has 1 aliphatic heterocycles. The molecule has 0 aliphatic carbocycles. The standard InChI is InChI=1S/C13H14N2O3/c1-8-10(12(16)18-2)11(15-13(17)14-8)9-6-4-3-5-7-9/h3-7,10-11H,1H2,2H3,(H2,14,15,17). The summed E-state index contributed by atoms with van der Waals surface area (Å²) >= 11 is 0. The quantitative estimate of drug-likeness (QED) is 0.774. The third kappa shape index (κ3) is 2.20. The van der Waals surface area contributed by atoms with Gasteiger partial charge in [0.15, 0.2) is 0 Å². The van der Waals surface area contributed by atoms with E-state index in [-0.39, 0.29) is 6.03 Å². The summed E-state index contributed by atoms with van der Waals surface area (Å²) in [4.78, 5) is 23.3. The second kappa shape index (κ2) is 4.91. The van der Waals surface area contributed by atoms with Gasteiger partial charge in [0.25, 0.3) is 0 Å². The fraction of sp³-hybridized carbons (Fsp3) is 0.231. The first-order chi connectivity index (χ1) is 8.63. The second-order valence-electron chi connectivity index (χ2n) is 4.01. The highest BCUT2D eigenvalue weighted by molar-refractivity contribution is 5.85. The fourth-order valence-electron chi connectivity index (χ4n) is 2.03. The van der Waals surface area contributed by atoms with Gasteiger partial charge in [0, 0.05) is 5.70 Å². The van der Waals surface area contributed by atoms with Crippen LogP contribution in [-0.4, -0.2) is 19.1 Å². The average Bonchev–Trinajstić information content (AvgIpc) is 2.38. The SMILES string of the molecule is C=C1NC(=O)NC(c2ccccc2)C1C(=O)OC. The first-order valence-corrected chi connectivity index (χ1v) is 5.52. The summed E-state index contributed by atoms with van der Waals surface area (Å²) in [6, 6.07) is 8.43. The average molecular weight is 246 g/mol. The molecule has 18 heavy (non-hydrogen) atoms. The van der Waals surface area contributed by atoms with Crippen molar-refractivity contribution in [3.05, 3.63) is 48.2 Å². The lowest BCUT2D eigenvalue weighted by molar-refractivity contribution is -0.145. The number of hydrogen-bond acceptors (Lipinski definition) is 3. The summed E-state index contributed by atoms with van der Waals surface area (Å²) in [7, 11) is 1.31.